The zero-order chi connectivity index (χ0) is 15.4. The Hall–Kier alpha value is -2.43. The van der Waals surface area contributed by atoms with Gasteiger partial charge in [0.15, 0.2) is 0 Å². The van der Waals surface area contributed by atoms with E-state index in [9.17, 15) is 4.79 Å². The van der Waals surface area contributed by atoms with Crippen molar-refractivity contribution in [2.24, 2.45) is 0 Å². The van der Waals surface area contributed by atoms with Gasteiger partial charge in [-0.2, -0.15) is 0 Å². The molecule has 1 aromatic heterocycles. The molecule has 0 atom stereocenters. The SMILES string of the molecule is Cc1ccc(C)c(NC(=O)c2cc(NC(C)C)ncn2)c1. The Bertz CT molecular complexity index is 652. The predicted molar refractivity (Wildman–Crippen MR) is 84.7 cm³/mol. The first-order valence-electron chi connectivity index (χ1n) is 6.93. The van der Waals surface area contributed by atoms with Gasteiger partial charge in [-0.15, -0.1) is 0 Å². The van der Waals surface area contributed by atoms with Crippen molar-refractivity contribution < 1.29 is 4.79 Å². The minimum atomic E-state index is -0.238. The molecule has 0 unspecified atom stereocenters. The van der Waals surface area contributed by atoms with E-state index in [1.807, 2.05) is 45.9 Å². The summed E-state index contributed by atoms with van der Waals surface area (Å²) in [4.78, 5) is 20.4. The molecule has 2 rings (SSSR count). The average Bonchev–Trinajstić information content (AvgIpc) is 2.42. The molecule has 0 aliphatic rings. The first kappa shape index (κ1) is 15.0. The molecular formula is C16H20N4O. The van der Waals surface area contributed by atoms with Crippen molar-refractivity contribution in [1.29, 1.82) is 0 Å². The Morgan fingerprint density at radius 3 is 2.62 bits per heavy atom. The number of hydrogen-bond acceptors (Lipinski definition) is 4. The fraction of sp³-hybridized carbons (Fsp3) is 0.312. The van der Waals surface area contributed by atoms with Crippen LogP contribution in [0.3, 0.4) is 0 Å². The highest BCUT2D eigenvalue weighted by Crippen LogP contribution is 2.17. The molecule has 0 aliphatic carbocycles. The smallest absolute Gasteiger partial charge is 0.274 e. The Labute approximate surface area is 124 Å². The molecule has 2 N–H and O–H groups in total. The molecular weight excluding hydrogens is 264 g/mol. The highest BCUT2D eigenvalue weighted by atomic mass is 16.1. The topological polar surface area (TPSA) is 66.9 Å². The van der Waals surface area contributed by atoms with Crippen molar-refractivity contribution in [3.8, 4) is 0 Å². The number of aromatic nitrogens is 2. The van der Waals surface area contributed by atoms with Gasteiger partial charge in [0.25, 0.3) is 5.91 Å². The minimum absolute atomic E-state index is 0.238. The molecule has 0 bridgehead atoms. The lowest BCUT2D eigenvalue weighted by atomic mass is 10.1. The third kappa shape index (κ3) is 4.02. The molecule has 1 aromatic carbocycles. The summed E-state index contributed by atoms with van der Waals surface area (Å²) in [5, 5.41) is 6.04. The van der Waals surface area contributed by atoms with Crippen LogP contribution in [-0.4, -0.2) is 21.9 Å². The molecule has 1 heterocycles. The number of nitrogens with zero attached hydrogens (tertiary/aromatic N) is 2. The van der Waals surface area contributed by atoms with Gasteiger partial charge in [-0.1, -0.05) is 12.1 Å². The largest absolute Gasteiger partial charge is 0.368 e. The number of carbonyl (C=O) groups is 1. The van der Waals surface area contributed by atoms with E-state index in [1.165, 1.54) is 6.33 Å². The maximum absolute atomic E-state index is 12.3. The maximum Gasteiger partial charge on any atom is 0.274 e. The fourth-order valence-corrected chi connectivity index (χ4v) is 1.91. The second-order valence-electron chi connectivity index (χ2n) is 5.36. The Balaban J connectivity index is 2.18. The van der Waals surface area contributed by atoms with Crippen LogP contribution in [0, 0.1) is 13.8 Å². The highest BCUT2D eigenvalue weighted by molar-refractivity contribution is 6.03. The summed E-state index contributed by atoms with van der Waals surface area (Å²) in [5.41, 5.74) is 3.26. The molecule has 2 aromatic rings. The number of carbonyl (C=O) groups excluding carboxylic acids is 1. The van der Waals surface area contributed by atoms with Gasteiger partial charge in [0.1, 0.15) is 17.8 Å². The maximum atomic E-state index is 12.3. The lowest BCUT2D eigenvalue weighted by molar-refractivity contribution is 0.102. The molecule has 5 heteroatoms. The summed E-state index contributed by atoms with van der Waals surface area (Å²) >= 11 is 0. The highest BCUT2D eigenvalue weighted by Gasteiger charge is 2.11. The Kier molecular flexibility index (Phi) is 4.52. The lowest BCUT2D eigenvalue weighted by Crippen LogP contribution is -2.17. The van der Waals surface area contributed by atoms with E-state index in [0.29, 0.717) is 11.5 Å². The van der Waals surface area contributed by atoms with Gasteiger partial charge < -0.3 is 10.6 Å². The van der Waals surface area contributed by atoms with Crippen molar-refractivity contribution in [3.63, 3.8) is 0 Å². The van der Waals surface area contributed by atoms with Crippen molar-refractivity contribution in [3.05, 3.63) is 47.4 Å². The van der Waals surface area contributed by atoms with Crippen LogP contribution in [0.1, 0.15) is 35.5 Å². The molecule has 0 fully saturated rings. The summed E-state index contributed by atoms with van der Waals surface area (Å²) in [6.07, 6.45) is 1.39. The lowest BCUT2D eigenvalue weighted by Gasteiger charge is -2.11. The van der Waals surface area contributed by atoms with Gasteiger partial charge in [0.2, 0.25) is 0 Å². The van der Waals surface area contributed by atoms with Crippen LogP contribution in [0.25, 0.3) is 0 Å². The fourth-order valence-electron chi connectivity index (χ4n) is 1.91. The third-order valence-electron chi connectivity index (χ3n) is 2.98. The molecule has 1 amide bonds. The van der Waals surface area contributed by atoms with Gasteiger partial charge in [-0.25, -0.2) is 9.97 Å². The van der Waals surface area contributed by atoms with Gasteiger partial charge >= 0.3 is 0 Å². The quantitative estimate of drug-likeness (QED) is 0.905. The van der Waals surface area contributed by atoms with E-state index < -0.39 is 0 Å². The van der Waals surface area contributed by atoms with Crippen molar-refractivity contribution in [2.75, 3.05) is 10.6 Å². The van der Waals surface area contributed by atoms with Crippen LogP contribution in [0.2, 0.25) is 0 Å². The van der Waals surface area contributed by atoms with Crippen LogP contribution in [0.5, 0.6) is 0 Å². The molecule has 5 nitrogen and oxygen atoms in total. The van der Waals surface area contributed by atoms with E-state index >= 15 is 0 Å². The van der Waals surface area contributed by atoms with Crippen molar-refractivity contribution in [2.45, 2.75) is 33.7 Å². The van der Waals surface area contributed by atoms with Gasteiger partial charge in [-0.05, 0) is 44.9 Å². The number of anilines is 2. The monoisotopic (exact) mass is 284 g/mol. The van der Waals surface area contributed by atoms with E-state index in [1.54, 1.807) is 6.07 Å². The molecule has 21 heavy (non-hydrogen) atoms. The van der Waals surface area contributed by atoms with Crippen LogP contribution >= 0.6 is 0 Å². The van der Waals surface area contributed by atoms with Crippen molar-refractivity contribution >= 4 is 17.4 Å². The summed E-state index contributed by atoms with van der Waals surface area (Å²) in [6.45, 7) is 7.97. The number of nitrogens with one attached hydrogen (secondary N) is 2. The number of amides is 1. The molecule has 0 saturated carbocycles. The molecule has 0 spiro atoms. The van der Waals surface area contributed by atoms with Crippen LogP contribution in [-0.2, 0) is 0 Å². The van der Waals surface area contributed by atoms with E-state index in [2.05, 4.69) is 20.6 Å². The van der Waals surface area contributed by atoms with E-state index in [-0.39, 0.29) is 11.9 Å². The molecule has 110 valence electrons. The van der Waals surface area contributed by atoms with Crippen LogP contribution < -0.4 is 10.6 Å². The normalized spacial score (nSPS) is 10.5. The number of hydrogen-bond donors (Lipinski definition) is 2. The minimum Gasteiger partial charge on any atom is -0.368 e. The van der Waals surface area contributed by atoms with Gasteiger partial charge in [0.05, 0.1) is 0 Å². The predicted octanol–water partition coefficient (Wildman–Crippen LogP) is 3.17. The number of aryl methyl sites for hydroxylation is 2. The molecule has 0 aliphatic heterocycles. The van der Waals surface area contributed by atoms with E-state index in [4.69, 9.17) is 0 Å². The average molecular weight is 284 g/mol. The summed E-state index contributed by atoms with van der Waals surface area (Å²) in [7, 11) is 0. The number of benzene rings is 1. The Morgan fingerprint density at radius 1 is 1.14 bits per heavy atom. The Morgan fingerprint density at radius 2 is 1.90 bits per heavy atom. The van der Waals surface area contributed by atoms with Crippen LogP contribution in [0.4, 0.5) is 11.5 Å². The van der Waals surface area contributed by atoms with Gasteiger partial charge in [0, 0.05) is 17.8 Å². The molecule has 0 saturated heterocycles. The van der Waals surface area contributed by atoms with Crippen molar-refractivity contribution in [1.82, 2.24) is 9.97 Å². The third-order valence-corrected chi connectivity index (χ3v) is 2.98. The second kappa shape index (κ2) is 6.35. The summed E-state index contributed by atoms with van der Waals surface area (Å²) in [6, 6.07) is 7.84. The molecule has 0 radical (unpaired) electrons. The van der Waals surface area contributed by atoms with Crippen LogP contribution in [0.15, 0.2) is 30.6 Å². The van der Waals surface area contributed by atoms with E-state index in [0.717, 1.165) is 16.8 Å². The number of rotatable bonds is 4. The second-order valence-corrected chi connectivity index (χ2v) is 5.36. The summed E-state index contributed by atoms with van der Waals surface area (Å²) < 4.78 is 0. The van der Waals surface area contributed by atoms with Gasteiger partial charge in [-0.3, -0.25) is 4.79 Å². The first-order chi connectivity index (χ1) is 9.95. The summed E-state index contributed by atoms with van der Waals surface area (Å²) in [5.74, 6) is 0.407. The zero-order valence-corrected chi connectivity index (χ0v) is 12.8. The standard InChI is InChI=1S/C16H20N4O/c1-10(2)19-15-8-14(17-9-18-15)16(21)20-13-7-11(3)5-6-12(13)4/h5-10H,1-4H3,(H,20,21)(H,17,18,19). The zero-order valence-electron chi connectivity index (χ0n) is 12.8. The first-order valence-corrected chi connectivity index (χ1v) is 6.93.